The Morgan fingerprint density at radius 1 is 0.926 bits per heavy atom. The first-order chi connectivity index (χ1) is 13.1. The van der Waals surface area contributed by atoms with Gasteiger partial charge in [-0.1, -0.05) is 48.5 Å². The fraction of sp³-hybridized carbons (Fsp3) is 0.0870. The highest BCUT2D eigenvalue weighted by atomic mass is 32.2. The number of nitrogens with zero attached hydrogens (tertiary/aromatic N) is 1. The Kier molecular flexibility index (Phi) is 4.82. The highest BCUT2D eigenvalue weighted by molar-refractivity contribution is 8.00. The Labute approximate surface area is 161 Å². The zero-order chi connectivity index (χ0) is 18.8. The first-order valence-electron chi connectivity index (χ1n) is 8.69. The van der Waals surface area contributed by atoms with Crippen molar-refractivity contribution in [2.45, 2.75) is 4.90 Å². The van der Waals surface area contributed by atoms with E-state index < -0.39 is 0 Å². The molecule has 0 N–H and O–H groups in total. The number of aromatic nitrogens is 1. The van der Waals surface area contributed by atoms with Gasteiger partial charge in [0.1, 0.15) is 5.82 Å². The molecule has 0 saturated carbocycles. The van der Waals surface area contributed by atoms with Crippen molar-refractivity contribution < 1.29 is 9.18 Å². The molecular weight excluding hydrogens is 357 g/mol. The van der Waals surface area contributed by atoms with Crippen molar-refractivity contribution >= 4 is 28.4 Å². The molecule has 0 bridgehead atoms. The van der Waals surface area contributed by atoms with Crippen LogP contribution in [0, 0.1) is 5.82 Å². The number of thioether (sulfide) groups is 1. The average Bonchev–Trinajstić information content (AvgIpc) is 3.01. The molecule has 0 aliphatic heterocycles. The molecule has 27 heavy (non-hydrogen) atoms. The van der Waals surface area contributed by atoms with Gasteiger partial charge in [0.15, 0.2) is 5.78 Å². The molecule has 2 nitrogen and oxygen atoms in total. The summed E-state index contributed by atoms with van der Waals surface area (Å²) in [6.45, 7) is 0. The first-order valence-corrected chi connectivity index (χ1v) is 9.68. The van der Waals surface area contributed by atoms with Crippen molar-refractivity contribution in [1.29, 1.82) is 0 Å². The Hall–Kier alpha value is -2.85. The summed E-state index contributed by atoms with van der Waals surface area (Å²) in [5.74, 6) is 0.102. The van der Waals surface area contributed by atoms with Crippen LogP contribution in [0.25, 0.3) is 22.2 Å². The molecule has 0 aliphatic rings. The van der Waals surface area contributed by atoms with E-state index >= 15 is 0 Å². The maximum Gasteiger partial charge on any atom is 0.175 e. The molecule has 134 valence electrons. The van der Waals surface area contributed by atoms with E-state index in [0.717, 1.165) is 32.6 Å². The summed E-state index contributed by atoms with van der Waals surface area (Å²) in [6.07, 6.45) is 0. The summed E-state index contributed by atoms with van der Waals surface area (Å²) in [4.78, 5) is 14.1. The van der Waals surface area contributed by atoms with Crippen LogP contribution in [0.2, 0.25) is 0 Å². The van der Waals surface area contributed by atoms with Gasteiger partial charge in [0.2, 0.25) is 0 Å². The summed E-state index contributed by atoms with van der Waals surface area (Å²) >= 11 is 1.43. The largest absolute Gasteiger partial charge is 0.343 e. The number of carbonyl (C=O) groups excluding carboxylic acids is 1. The summed E-state index contributed by atoms with van der Waals surface area (Å²) < 4.78 is 15.2. The van der Waals surface area contributed by atoms with E-state index in [2.05, 4.69) is 4.57 Å². The predicted octanol–water partition coefficient (Wildman–Crippen LogP) is 5.96. The van der Waals surface area contributed by atoms with Crippen molar-refractivity contribution in [2.24, 2.45) is 7.05 Å². The number of ketones is 1. The molecule has 0 radical (unpaired) electrons. The minimum atomic E-state index is -0.272. The third-order valence-corrected chi connectivity index (χ3v) is 5.63. The van der Waals surface area contributed by atoms with E-state index in [9.17, 15) is 9.18 Å². The van der Waals surface area contributed by atoms with Crippen LogP contribution in [0.1, 0.15) is 10.4 Å². The molecule has 4 aromatic rings. The zero-order valence-corrected chi connectivity index (χ0v) is 15.7. The van der Waals surface area contributed by atoms with Crippen LogP contribution in [-0.4, -0.2) is 16.1 Å². The summed E-state index contributed by atoms with van der Waals surface area (Å²) in [5.41, 5.74) is 3.73. The smallest absolute Gasteiger partial charge is 0.175 e. The topological polar surface area (TPSA) is 22.0 Å². The number of para-hydroxylation sites is 1. The van der Waals surface area contributed by atoms with Crippen LogP contribution in [0.15, 0.2) is 83.8 Å². The van der Waals surface area contributed by atoms with Gasteiger partial charge in [-0.25, -0.2) is 4.39 Å². The van der Waals surface area contributed by atoms with Gasteiger partial charge in [-0.2, -0.15) is 0 Å². The van der Waals surface area contributed by atoms with Gasteiger partial charge < -0.3 is 4.57 Å². The lowest BCUT2D eigenvalue weighted by molar-refractivity contribution is 0.102. The molecule has 0 aliphatic carbocycles. The van der Waals surface area contributed by atoms with Gasteiger partial charge in [-0.05, 0) is 35.9 Å². The van der Waals surface area contributed by atoms with Gasteiger partial charge in [-0.15, -0.1) is 11.8 Å². The van der Waals surface area contributed by atoms with E-state index in [4.69, 9.17) is 0 Å². The number of fused-ring (bicyclic) bond motifs is 1. The molecule has 0 spiro atoms. The van der Waals surface area contributed by atoms with Crippen LogP contribution < -0.4 is 0 Å². The van der Waals surface area contributed by atoms with Gasteiger partial charge in [-0.3, -0.25) is 4.79 Å². The molecule has 0 unspecified atom stereocenters. The molecule has 0 amide bonds. The molecule has 1 aromatic heterocycles. The Morgan fingerprint density at radius 3 is 2.33 bits per heavy atom. The van der Waals surface area contributed by atoms with Gasteiger partial charge >= 0.3 is 0 Å². The predicted molar refractivity (Wildman–Crippen MR) is 110 cm³/mol. The van der Waals surface area contributed by atoms with E-state index in [0.29, 0.717) is 5.75 Å². The number of carbonyl (C=O) groups is 1. The van der Waals surface area contributed by atoms with E-state index in [-0.39, 0.29) is 11.6 Å². The molecule has 0 saturated heterocycles. The fourth-order valence-corrected chi connectivity index (χ4v) is 4.13. The van der Waals surface area contributed by atoms with E-state index in [1.807, 2.05) is 61.6 Å². The number of aryl methyl sites for hydroxylation is 1. The van der Waals surface area contributed by atoms with Crippen LogP contribution in [0.4, 0.5) is 4.39 Å². The normalized spacial score (nSPS) is 11.0. The van der Waals surface area contributed by atoms with Crippen LogP contribution in [0.3, 0.4) is 0 Å². The number of benzene rings is 3. The lowest BCUT2D eigenvalue weighted by atomic mass is 10.0. The number of hydrogen-bond acceptors (Lipinski definition) is 2. The SMILES string of the molecule is Cn1c(-c2ccccc2)c(C(=O)CSc2ccc(F)cc2)c2ccccc21. The summed E-state index contributed by atoms with van der Waals surface area (Å²) in [7, 11) is 1.99. The molecule has 3 aromatic carbocycles. The van der Waals surface area contributed by atoms with Crippen molar-refractivity contribution in [2.75, 3.05) is 5.75 Å². The summed E-state index contributed by atoms with van der Waals surface area (Å²) in [5, 5.41) is 0.962. The number of hydrogen-bond donors (Lipinski definition) is 0. The number of halogens is 1. The van der Waals surface area contributed by atoms with E-state index in [1.54, 1.807) is 12.1 Å². The molecule has 0 fully saturated rings. The van der Waals surface area contributed by atoms with Crippen molar-refractivity contribution in [1.82, 2.24) is 4.57 Å². The third kappa shape index (κ3) is 3.40. The Morgan fingerprint density at radius 2 is 1.59 bits per heavy atom. The zero-order valence-electron chi connectivity index (χ0n) is 14.9. The second-order valence-corrected chi connectivity index (χ2v) is 7.38. The molecular formula is C23H18FNOS. The Balaban J connectivity index is 1.75. The molecule has 0 atom stereocenters. The van der Waals surface area contributed by atoms with Gasteiger partial charge in [0.25, 0.3) is 0 Å². The minimum Gasteiger partial charge on any atom is -0.343 e. The fourth-order valence-electron chi connectivity index (χ4n) is 3.36. The Bertz CT molecular complexity index is 1100. The quantitative estimate of drug-likeness (QED) is 0.317. The minimum absolute atomic E-state index is 0.0694. The van der Waals surface area contributed by atoms with Crippen molar-refractivity contribution in [3.8, 4) is 11.3 Å². The number of rotatable bonds is 5. The van der Waals surface area contributed by atoms with Crippen molar-refractivity contribution in [3.63, 3.8) is 0 Å². The van der Waals surface area contributed by atoms with Crippen molar-refractivity contribution in [3.05, 3.63) is 90.2 Å². The van der Waals surface area contributed by atoms with Crippen LogP contribution >= 0.6 is 11.8 Å². The third-order valence-electron chi connectivity index (χ3n) is 4.62. The molecule has 4 rings (SSSR count). The molecule has 1 heterocycles. The van der Waals surface area contributed by atoms with Gasteiger partial charge in [0, 0.05) is 22.8 Å². The second-order valence-electron chi connectivity index (χ2n) is 6.33. The summed E-state index contributed by atoms with van der Waals surface area (Å²) in [6, 6.07) is 24.2. The standard InChI is InChI=1S/C23H18FNOS/c1-25-20-10-6-5-9-19(20)22(23(25)16-7-3-2-4-8-16)21(26)15-27-18-13-11-17(24)12-14-18/h2-14H,15H2,1H3. The highest BCUT2D eigenvalue weighted by Crippen LogP contribution is 2.34. The van der Waals surface area contributed by atoms with Crippen LogP contribution in [0.5, 0.6) is 0 Å². The highest BCUT2D eigenvalue weighted by Gasteiger charge is 2.22. The van der Waals surface area contributed by atoms with Crippen LogP contribution in [-0.2, 0) is 7.05 Å². The molecule has 4 heteroatoms. The lowest BCUT2D eigenvalue weighted by Crippen LogP contribution is -2.05. The monoisotopic (exact) mass is 375 g/mol. The first kappa shape index (κ1) is 17.6. The second kappa shape index (κ2) is 7.41. The maximum atomic E-state index is 13.2. The number of Topliss-reactive ketones (excluding diaryl/α,β-unsaturated/α-hetero) is 1. The average molecular weight is 375 g/mol. The van der Waals surface area contributed by atoms with E-state index in [1.165, 1.54) is 23.9 Å². The van der Waals surface area contributed by atoms with Gasteiger partial charge in [0.05, 0.1) is 17.0 Å². The maximum absolute atomic E-state index is 13.2. The lowest BCUT2D eigenvalue weighted by Gasteiger charge is -2.08.